The van der Waals surface area contributed by atoms with Gasteiger partial charge < -0.3 is 79.5 Å². The van der Waals surface area contributed by atoms with Crippen molar-refractivity contribution >= 4 is 52.7 Å². The number of nitrogens with one attached hydrogen (secondary N) is 5. The summed E-state index contributed by atoms with van der Waals surface area (Å²) >= 11 is 1.49. The minimum absolute atomic E-state index is 0.0463. The molecule has 0 bridgehead atoms. The topological polar surface area (TPSA) is 321 Å². The summed E-state index contributed by atoms with van der Waals surface area (Å²) < 4.78 is 53.9. The number of aliphatic hydroxyl groups excluding tert-OH is 1. The van der Waals surface area contributed by atoms with Gasteiger partial charge in [0, 0.05) is 51.8 Å². The third-order valence-corrected chi connectivity index (χ3v) is 16.5. The summed E-state index contributed by atoms with van der Waals surface area (Å²) in [5, 5.41) is 39.2. The molecule has 5 atom stereocenters. The van der Waals surface area contributed by atoms with E-state index in [-0.39, 0.29) is 118 Å². The highest BCUT2D eigenvalue weighted by molar-refractivity contribution is 7.13. The summed E-state index contributed by atoms with van der Waals surface area (Å²) in [6.07, 6.45) is 0.263. The molecule has 7 amide bonds. The van der Waals surface area contributed by atoms with Crippen molar-refractivity contribution in [3.05, 3.63) is 106 Å². The first-order chi connectivity index (χ1) is 43.6. The summed E-state index contributed by atoms with van der Waals surface area (Å²) in [6.45, 7) is 10.2. The lowest BCUT2D eigenvalue weighted by molar-refractivity contribution is -0.145. The highest BCUT2D eigenvalue weighted by Gasteiger charge is 2.53. The van der Waals surface area contributed by atoms with E-state index in [1.807, 2.05) is 43.3 Å². The average Bonchev–Trinajstić information content (AvgIpc) is 1.72. The van der Waals surface area contributed by atoms with Crippen LogP contribution in [-0.4, -0.2) is 202 Å². The number of hydrogen-bond acceptors (Lipinski definition) is 19. The molecule has 1 aliphatic heterocycles. The van der Waals surface area contributed by atoms with Gasteiger partial charge in [0.05, 0.1) is 112 Å². The van der Waals surface area contributed by atoms with Gasteiger partial charge in [-0.25, -0.2) is 9.37 Å². The van der Waals surface area contributed by atoms with Crippen LogP contribution < -0.4 is 31.3 Å². The minimum Gasteiger partial charge on any atom is -0.507 e. The summed E-state index contributed by atoms with van der Waals surface area (Å²) in [6, 6.07) is 15.4. The van der Waals surface area contributed by atoms with Crippen LogP contribution in [0.5, 0.6) is 11.5 Å². The van der Waals surface area contributed by atoms with E-state index in [0.29, 0.717) is 69.5 Å². The number of phenols is 1. The number of likely N-dealkylation sites (tertiary alicyclic amines) is 1. The fourth-order valence-electron chi connectivity index (χ4n) is 10.3. The molecule has 25 nitrogen and oxygen atoms in total. The molecule has 2 aromatic heterocycles. The van der Waals surface area contributed by atoms with Crippen LogP contribution in [0, 0.1) is 12.3 Å². The molecule has 5 aromatic rings. The number of aromatic hydroxyl groups is 1. The van der Waals surface area contributed by atoms with Crippen LogP contribution in [0.15, 0.2) is 76.8 Å². The van der Waals surface area contributed by atoms with Crippen molar-refractivity contribution in [2.24, 2.45) is 5.41 Å². The maximum Gasteiger partial charge on any atom is 0.273 e. The molecule has 2 unspecified atom stereocenters. The Balaban J connectivity index is 0.644. The van der Waals surface area contributed by atoms with Crippen LogP contribution in [0.3, 0.4) is 0 Å². The Morgan fingerprint density at radius 1 is 0.813 bits per heavy atom. The molecule has 3 aliphatic rings. The predicted molar refractivity (Wildman–Crippen MR) is 331 cm³/mol. The van der Waals surface area contributed by atoms with Gasteiger partial charge in [0.15, 0.2) is 23.7 Å². The number of aliphatic hydroxyl groups is 1. The lowest BCUT2D eigenvalue weighted by Gasteiger charge is -2.36. The predicted octanol–water partition coefficient (Wildman–Crippen LogP) is 4.53. The molecule has 91 heavy (non-hydrogen) atoms. The maximum absolute atomic E-state index is 14.7. The van der Waals surface area contributed by atoms with Crippen molar-refractivity contribution in [1.29, 1.82) is 0 Å². The van der Waals surface area contributed by atoms with Gasteiger partial charge in [0.1, 0.15) is 23.6 Å². The number of fused-ring (bicyclic) bond motifs is 1. The lowest BCUT2D eigenvalue weighted by Crippen LogP contribution is -2.59. The van der Waals surface area contributed by atoms with Crippen molar-refractivity contribution in [3.63, 3.8) is 0 Å². The Kier molecular flexibility index (Phi) is 24.5. The molecule has 3 aromatic carbocycles. The molecule has 3 heterocycles. The highest BCUT2D eigenvalue weighted by atomic mass is 32.1. The molecule has 0 radical (unpaired) electrons. The number of nitrogens with zero attached hydrogens (tertiary/aromatic N) is 4. The van der Waals surface area contributed by atoms with E-state index in [9.17, 15) is 48.2 Å². The van der Waals surface area contributed by atoms with E-state index in [1.54, 1.807) is 52.5 Å². The quantitative estimate of drug-likeness (QED) is 0.0278. The molecule has 1 saturated heterocycles. The molecule has 27 heteroatoms. The Morgan fingerprint density at radius 2 is 1.44 bits per heavy atom. The van der Waals surface area contributed by atoms with Gasteiger partial charge >= 0.3 is 0 Å². The maximum atomic E-state index is 14.7. The summed E-state index contributed by atoms with van der Waals surface area (Å²) in [5.74, 6) is -3.10. The fourth-order valence-corrected chi connectivity index (χ4v) is 11.1. The van der Waals surface area contributed by atoms with Crippen molar-refractivity contribution in [1.82, 2.24) is 46.5 Å². The second-order valence-corrected chi connectivity index (χ2v) is 24.6. The van der Waals surface area contributed by atoms with E-state index >= 15 is 0 Å². The number of ether oxygens (including phenoxy) is 6. The van der Waals surface area contributed by atoms with Crippen LogP contribution in [0.25, 0.3) is 21.8 Å². The normalized spacial score (nSPS) is 17.1. The molecule has 2 aliphatic carbocycles. The Morgan fingerprint density at radius 3 is 2.03 bits per heavy atom. The van der Waals surface area contributed by atoms with Crippen LogP contribution in [-0.2, 0) is 54.1 Å². The number of phenolic OH excluding ortho intramolecular Hbond substituents is 1. The first-order valence-electron chi connectivity index (χ1n) is 30.4. The average molecular weight is 1280 g/mol. The number of hydrogen-bond donors (Lipinski definition) is 7. The van der Waals surface area contributed by atoms with E-state index in [1.165, 1.54) is 39.3 Å². The summed E-state index contributed by atoms with van der Waals surface area (Å²) in [4.78, 5) is 100. The highest BCUT2D eigenvalue weighted by Crippen LogP contribution is 2.41. The van der Waals surface area contributed by atoms with Gasteiger partial charge in [-0.05, 0) is 84.5 Å². The van der Waals surface area contributed by atoms with Gasteiger partial charge in [-0.15, -0.1) is 11.3 Å². The fraction of sp³-hybridized carbons (Fsp3) is 0.516. The van der Waals surface area contributed by atoms with Crippen LogP contribution in [0.2, 0.25) is 0 Å². The molecule has 8 rings (SSSR count). The number of β-amino-alcohol motifs (C(OH)–C–C–N with tert-alkyl or cyclic N) is 1. The van der Waals surface area contributed by atoms with Crippen molar-refractivity contribution in [3.8, 4) is 33.3 Å². The zero-order valence-electron chi connectivity index (χ0n) is 52.1. The molecule has 7 N–H and O–H groups in total. The number of rotatable bonds is 34. The number of alkyl halides is 1. The van der Waals surface area contributed by atoms with Crippen molar-refractivity contribution in [2.75, 3.05) is 106 Å². The van der Waals surface area contributed by atoms with Crippen LogP contribution in [0.4, 0.5) is 4.39 Å². The number of aryl methyl sites for hydroxylation is 2. The first kappa shape index (κ1) is 69.0. The van der Waals surface area contributed by atoms with Gasteiger partial charge in [-0.3, -0.25) is 33.6 Å². The van der Waals surface area contributed by atoms with Gasteiger partial charge in [-0.2, -0.15) is 0 Å². The minimum atomic E-state index is -2.02. The summed E-state index contributed by atoms with van der Waals surface area (Å²) in [7, 11) is 3.17. The van der Waals surface area contributed by atoms with E-state index < -0.39 is 58.9 Å². The van der Waals surface area contributed by atoms with Crippen LogP contribution >= 0.6 is 11.3 Å². The van der Waals surface area contributed by atoms with Gasteiger partial charge in [-0.1, -0.05) is 62.3 Å². The van der Waals surface area contributed by atoms with Crippen molar-refractivity contribution in [2.45, 2.75) is 102 Å². The van der Waals surface area contributed by atoms with Crippen LogP contribution in [0.1, 0.15) is 108 Å². The SMILES string of the molecule is Cc1ncsc1-c1ccc(C(CC(=O)NCCOCCOCCOCCOCCOCCNC(=O)COc2ccc3c(c2)[C@H](NC(=O)c2cc(-c4ccc(C(=O)N(C)C)c(O)c4)on2)CC3)NC(=O)[C@@H]2C[C@@H](O)CN2C(=O)C(NC(=O)C2(F)CC2)C(C)(C)C)cc1. The molecular weight excluding hydrogens is 1200 g/mol. The molecule has 1 saturated carbocycles. The van der Waals surface area contributed by atoms with Gasteiger partial charge in [0.25, 0.3) is 23.6 Å². The Bertz CT molecular complexity index is 3310. The number of carbonyl (C=O) groups is 7. The number of aromatic nitrogens is 2. The smallest absolute Gasteiger partial charge is 0.273 e. The largest absolute Gasteiger partial charge is 0.507 e. The monoisotopic (exact) mass is 1280 g/mol. The second kappa shape index (κ2) is 32.4. The number of thiazole rings is 1. The Labute approximate surface area is 531 Å². The van der Waals surface area contributed by atoms with Crippen molar-refractivity contribution < 1.29 is 81.1 Å². The molecule has 492 valence electrons. The number of benzene rings is 3. The first-order valence-corrected chi connectivity index (χ1v) is 31.3. The number of amides is 7. The van der Waals surface area contributed by atoms with E-state index in [4.69, 9.17) is 32.9 Å². The van der Waals surface area contributed by atoms with E-state index in [0.717, 1.165) is 33.7 Å². The molecular formula is C64H82FN9O16S. The zero-order chi connectivity index (χ0) is 65.2. The number of halogens is 1. The zero-order valence-corrected chi connectivity index (χ0v) is 53.0. The number of carbonyl (C=O) groups excluding carboxylic acids is 7. The third-order valence-electron chi connectivity index (χ3n) is 15.5. The standard InChI is InChI=1S/C64H82FN9O16S/c1-39-56(91-38-68-39)42-9-7-41(8-10-42)49(70-59(80)51-32-44(75)36-74(51)61(82)57(63(2,3)4)71-62(83)64(65)17-18-64)35-54(77)66-19-21-84-23-25-86-27-29-88-30-28-87-26-24-85-22-20-67-55(78)37-89-45-14-11-40-13-16-48(47(40)33-45)69-58(79)50-34-53(90-72-50)43-12-15-46(52(76)31-43)60(81)73(5)6/h7-12,14-15,31,33-34,38,44,48-49,51,57,75-76H,13,16-30,32,35-37H2,1-6H3,(H,66,77)(H,67,78)(H,69,79)(H,70,80)(H,71,83)/t44-,48-,49?,51+,57?/m1/s1. The molecule has 2 fully saturated rings. The second-order valence-electron chi connectivity index (χ2n) is 23.8. The molecule has 0 spiro atoms. The van der Waals surface area contributed by atoms with Gasteiger partial charge in [0.2, 0.25) is 17.7 Å². The third kappa shape index (κ3) is 19.6. The lowest BCUT2D eigenvalue weighted by atomic mass is 9.85. The summed E-state index contributed by atoms with van der Waals surface area (Å²) in [5.41, 5.74) is 3.83. The van der Waals surface area contributed by atoms with E-state index in [2.05, 4.69) is 36.7 Å². The Hall–Kier alpha value is -7.92.